The fourth-order valence-corrected chi connectivity index (χ4v) is 3.50. The van der Waals surface area contributed by atoms with Crippen molar-refractivity contribution >= 4 is 44.7 Å². The highest BCUT2D eigenvalue weighted by molar-refractivity contribution is 9.10. The predicted octanol–water partition coefficient (Wildman–Crippen LogP) is 3.10. The predicted molar refractivity (Wildman–Crippen MR) is 127 cm³/mol. The Balaban J connectivity index is 1.57. The van der Waals surface area contributed by atoms with Crippen LogP contribution in [0.15, 0.2) is 67.4 Å². The van der Waals surface area contributed by atoms with Crippen LogP contribution < -0.4 is 11.0 Å². The molecule has 172 valence electrons. The summed E-state index contributed by atoms with van der Waals surface area (Å²) in [4.78, 5) is 35.7. The van der Waals surface area contributed by atoms with Gasteiger partial charge in [0, 0.05) is 23.0 Å². The number of hydrogen-bond acceptors (Lipinski definition) is 8. The summed E-state index contributed by atoms with van der Waals surface area (Å²) in [6, 6.07) is 13.3. The van der Waals surface area contributed by atoms with Gasteiger partial charge in [-0.2, -0.15) is 10.2 Å². The van der Waals surface area contributed by atoms with Gasteiger partial charge in [0.1, 0.15) is 17.6 Å². The number of nitrogens with one attached hydrogen (secondary N) is 1. The lowest BCUT2D eigenvalue weighted by Gasteiger charge is -2.08. The fourth-order valence-electron chi connectivity index (χ4n) is 3.23. The topological polar surface area (TPSA) is 146 Å². The molecule has 2 heterocycles. The van der Waals surface area contributed by atoms with E-state index in [1.165, 1.54) is 18.3 Å². The molecule has 1 N–H and O–H groups in total. The molecular formula is C22H17BrN6O5. The number of fused-ring (bicyclic) bond motifs is 1. The second-order valence-corrected chi connectivity index (χ2v) is 8.24. The maximum absolute atomic E-state index is 12.9. The summed E-state index contributed by atoms with van der Waals surface area (Å²) in [6.07, 6.45) is 1.70. The first-order valence-electron chi connectivity index (χ1n) is 9.98. The largest absolute Gasteiger partial charge is 0.354 e. The van der Waals surface area contributed by atoms with Gasteiger partial charge in [-0.3, -0.25) is 19.7 Å². The van der Waals surface area contributed by atoms with Gasteiger partial charge in [0.15, 0.2) is 5.58 Å². The van der Waals surface area contributed by atoms with E-state index in [0.29, 0.717) is 17.0 Å². The molecule has 12 heteroatoms. The molecule has 4 aromatic rings. The maximum Gasteiger partial charge on any atom is 0.280 e. The van der Waals surface area contributed by atoms with Gasteiger partial charge < -0.3 is 4.52 Å². The van der Waals surface area contributed by atoms with Crippen molar-refractivity contribution < 1.29 is 14.2 Å². The molecule has 0 bridgehead atoms. The summed E-state index contributed by atoms with van der Waals surface area (Å²) in [6.45, 7) is 1.25. The van der Waals surface area contributed by atoms with E-state index in [4.69, 9.17) is 4.52 Å². The van der Waals surface area contributed by atoms with Crippen LogP contribution in [-0.2, 0) is 17.8 Å². The number of hydrogen-bond donors (Lipinski definition) is 1. The first-order chi connectivity index (χ1) is 16.3. The second kappa shape index (κ2) is 9.75. The van der Waals surface area contributed by atoms with E-state index in [2.05, 4.69) is 36.7 Å². The molecule has 0 fully saturated rings. The zero-order chi connectivity index (χ0) is 24.2. The molecule has 1 amide bonds. The molecule has 2 aromatic carbocycles. The highest BCUT2D eigenvalue weighted by Gasteiger charge is 2.19. The zero-order valence-corrected chi connectivity index (χ0v) is 19.4. The Morgan fingerprint density at radius 1 is 1.24 bits per heavy atom. The molecule has 0 spiro atoms. The minimum atomic E-state index is -0.544. The van der Waals surface area contributed by atoms with Crippen molar-refractivity contribution in [3.8, 4) is 0 Å². The van der Waals surface area contributed by atoms with E-state index in [1.807, 2.05) is 24.3 Å². The summed E-state index contributed by atoms with van der Waals surface area (Å²) in [5.74, 6) is -0.544. The van der Waals surface area contributed by atoms with E-state index in [-0.39, 0.29) is 29.6 Å². The highest BCUT2D eigenvalue weighted by atomic mass is 79.9. The highest BCUT2D eigenvalue weighted by Crippen LogP contribution is 2.21. The van der Waals surface area contributed by atoms with Crippen LogP contribution in [0.2, 0.25) is 0 Å². The monoisotopic (exact) mass is 524 g/mol. The first-order valence-corrected chi connectivity index (χ1v) is 10.8. The summed E-state index contributed by atoms with van der Waals surface area (Å²) in [7, 11) is 0. The fraction of sp³-hybridized carbons (Fsp3) is 0.136. The number of amides is 1. The zero-order valence-electron chi connectivity index (χ0n) is 17.8. The average Bonchev–Trinajstić information content (AvgIpc) is 3.20. The Labute approximate surface area is 200 Å². The van der Waals surface area contributed by atoms with Crippen molar-refractivity contribution in [2.75, 3.05) is 0 Å². The van der Waals surface area contributed by atoms with E-state index in [0.717, 1.165) is 14.7 Å². The molecular weight excluding hydrogens is 508 g/mol. The SMILES string of the molecule is Cc1noc2c(Cc3ccc([N+](=O)[O-])cc3)nn(CC(=O)N/N=C/c3ccc(Br)cc3)c(=O)c12. The molecule has 4 rings (SSSR count). The van der Waals surface area contributed by atoms with Gasteiger partial charge in [-0.15, -0.1) is 0 Å². The standard InChI is InChI=1S/C22H17BrN6O5/c1-13-20-21(34-27-13)18(10-14-4-8-17(9-5-14)29(32)33)26-28(22(20)31)12-19(30)25-24-11-15-2-6-16(23)7-3-15/h2-9,11H,10,12H2,1H3,(H,25,30)/b24-11+. The van der Waals surface area contributed by atoms with Crippen LogP contribution in [0.1, 0.15) is 22.5 Å². The molecule has 0 aliphatic rings. The summed E-state index contributed by atoms with van der Waals surface area (Å²) < 4.78 is 7.26. The molecule has 34 heavy (non-hydrogen) atoms. The third kappa shape index (κ3) is 5.07. The van der Waals surface area contributed by atoms with Crippen molar-refractivity contribution in [3.63, 3.8) is 0 Å². The van der Waals surface area contributed by atoms with Crippen LogP contribution in [0.5, 0.6) is 0 Å². The van der Waals surface area contributed by atoms with Crippen molar-refractivity contribution in [1.29, 1.82) is 0 Å². The number of nitro groups is 1. The molecule has 0 aliphatic carbocycles. The Kier molecular flexibility index (Phi) is 6.59. The molecule has 0 aliphatic heterocycles. The Bertz CT molecular complexity index is 1460. The number of carbonyl (C=O) groups is 1. The van der Waals surface area contributed by atoms with Crippen LogP contribution in [0.25, 0.3) is 11.0 Å². The Hall–Kier alpha value is -4.19. The molecule has 2 aromatic heterocycles. The number of aryl methyl sites for hydroxylation is 1. The van der Waals surface area contributed by atoms with Gasteiger partial charge in [-0.25, -0.2) is 10.1 Å². The van der Waals surface area contributed by atoms with Crippen molar-refractivity contribution in [1.82, 2.24) is 20.4 Å². The van der Waals surface area contributed by atoms with Crippen molar-refractivity contribution in [2.24, 2.45) is 5.10 Å². The Morgan fingerprint density at radius 3 is 2.62 bits per heavy atom. The van der Waals surface area contributed by atoms with Crippen molar-refractivity contribution in [2.45, 2.75) is 19.9 Å². The lowest BCUT2D eigenvalue weighted by Crippen LogP contribution is -2.32. The molecule has 0 radical (unpaired) electrons. The van der Waals surface area contributed by atoms with E-state index in [9.17, 15) is 19.7 Å². The van der Waals surface area contributed by atoms with E-state index in [1.54, 1.807) is 19.1 Å². The smallest absolute Gasteiger partial charge is 0.280 e. The molecule has 0 unspecified atom stereocenters. The van der Waals surface area contributed by atoms with Crippen molar-refractivity contribution in [3.05, 3.63) is 96.0 Å². The van der Waals surface area contributed by atoms with Crippen LogP contribution in [0, 0.1) is 17.0 Å². The maximum atomic E-state index is 12.9. The number of carbonyl (C=O) groups excluding carboxylic acids is 1. The normalized spacial score (nSPS) is 11.2. The Morgan fingerprint density at radius 2 is 1.94 bits per heavy atom. The third-order valence-corrected chi connectivity index (χ3v) is 5.43. The van der Waals surface area contributed by atoms with Crippen LogP contribution in [0.3, 0.4) is 0 Å². The average molecular weight is 525 g/mol. The second-order valence-electron chi connectivity index (χ2n) is 7.33. The van der Waals surface area contributed by atoms with Gasteiger partial charge in [-0.05, 0) is 30.2 Å². The third-order valence-electron chi connectivity index (χ3n) is 4.90. The number of benzene rings is 2. The van der Waals surface area contributed by atoms with Crippen LogP contribution in [-0.4, -0.2) is 32.0 Å². The minimum absolute atomic E-state index is 0.0392. The minimum Gasteiger partial charge on any atom is -0.354 e. The first kappa shape index (κ1) is 23.0. The van der Waals surface area contributed by atoms with Gasteiger partial charge in [-0.1, -0.05) is 45.4 Å². The quantitative estimate of drug-likeness (QED) is 0.222. The van der Waals surface area contributed by atoms with Gasteiger partial charge >= 0.3 is 0 Å². The molecule has 11 nitrogen and oxygen atoms in total. The number of nitrogens with zero attached hydrogens (tertiary/aromatic N) is 5. The number of rotatable bonds is 7. The summed E-state index contributed by atoms with van der Waals surface area (Å²) in [5, 5.41) is 23.2. The summed E-state index contributed by atoms with van der Waals surface area (Å²) in [5.41, 5.74) is 4.27. The number of nitro benzene ring substituents is 1. The van der Waals surface area contributed by atoms with Crippen LogP contribution in [0.4, 0.5) is 5.69 Å². The molecule has 0 saturated carbocycles. The molecule has 0 atom stereocenters. The summed E-state index contributed by atoms with van der Waals surface area (Å²) >= 11 is 3.34. The molecule has 0 saturated heterocycles. The number of halogens is 1. The number of hydrazone groups is 1. The lowest BCUT2D eigenvalue weighted by atomic mass is 10.1. The lowest BCUT2D eigenvalue weighted by molar-refractivity contribution is -0.384. The van der Waals surface area contributed by atoms with Gasteiger partial charge in [0.2, 0.25) is 0 Å². The van der Waals surface area contributed by atoms with E-state index >= 15 is 0 Å². The van der Waals surface area contributed by atoms with E-state index < -0.39 is 16.4 Å². The number of aromatic nitrogens is 3. The number of non-ortho nitro benzene ring substituents is 1. The van der Waals surface area contributed by atoms with Crippen LogP contribution >= 0.6 is 15.9 Å². The van der Waals surface area contributed by atoms with Gasteiger partial charge in [0.05, 0.1) is 16.8 Å². The van der Waals surface area contributed by atoms with Gasteiger partial charge in [0.25, 0.3) is 17.2 Å².